The highest BCUT2D eigenvalue weighted by Gasteiger charge is 2.18. The molecule has 1 heterocycles. The van der Waals surface area contributed by atoms with Crippen molar-refractivity contribution in [1.82, 2.24) is 0 Å². The topological polar surface area (TPSA) is 41.6 Å². The smallest absolute Gasteiger partial charge is 0.262 e. The highest BCUT2D eigenvalue weighted by molar-refractivity contribution is 5.92. The lowest BCUT2D eigenvalue weighted by atomic mass is 10.0. The second kappa shape index (κ2) is 8.06. The number of carbonyl (C=O) groups excluding carboxylic acids is 1. The third kappa shape index (κ3) is 4.53. The Morgan fingerprint density at radius 2 is 1.92 bits per heavy atom. The molecule has 0 aromatic heterocycles. The molecule has 2 aromatic rings. The summed E-state index contributed by atoms with van der Waals surface area (Å²) in [6.45, 7) is 5.36. The Balaban J connectivity index is 1.54. The molecule has 1 saturated heterocycles. The highest BCUT2D eigenvalue weighted by atomic mass is 16.5. The maximum Gasteiger partial charge on any atom is 0.262 e. The largest absolute Gasteiger partial charge is 0.483 e. The number of ether oxygens (including phenoxy) is 1. The summed E-state index contributed by atoms with van der Waals surface area (Å²) in [6, 6.07) is 16.4. The fraction of sp³-hybridized carbons (Fsp3) is 0.381. The number of aryl methyl sites for hydroxylation is 1. The van der Waals surface area contributed by atoms with E-state index >= 15 is 0 Å². The van der Waals surface area contributed by atoms with Crippen LogP contribution in [0.5, 0.6) is 5.75 Å². The zero-order chi connectivity index (χ0) is 17.6. The fourth-order valence-corrected chi connectivity index (χ4v) is 3.28. The van der Waals surface area contributed by atoms with Crippen molar-refractivity contribution in [3.63, 3.8) is 0 Å². The van der Waals surface area contributed by atoms with Gasteiger partial charge in [-0.1, -0.05) is 18.2 Å². The summed E-state index contributed by atoms with van der Waals surface area (Å²) in [5.74, 6) is 0.592. The first-order valence-corrected chi connectivity index (χ1v) is 8.98. The monoisotopic (exact) mass is 338 g/mol. The van der Waals surface area contributed by atoms with Crippen LogP contribution in [0.15, 0.2) is 48.5 Å². The van der Waals surface area contributed by atoms with E-state index in [0.29, 0.717) is 6.04 Å². The van der Waals surface area contributed by atoms with Gasteiger partial charge in [0.1, 0.15) is 5.75 Å². The Bertz CT molecular complexity index is 712. The van der Waals surface area contributed by atoms with E-state index in [4.69, 9.17) is 4.74 Å². The number of anilines is 2. The van der Waals surface area contributed by atoms with Crippen molar-refractivity contribution >= 4 is 17.3 Å². The van der Waals surface area contributed by atoms with Crippen LogP contribution < -0.4 is 15.0 Å². The van der Waals surface area contributed by atoms with E-state index in [1.54, 1.807) is 0 Å². The molecule has 0 spiro atoms. The van der Waals surface area contributed by atoms with Gasteiger partial charge in [0.15, 0.2) is 6.61 Å². The quantitative estimate of drug-likeness (QED) is 0.879. The van der Waals surface area contributed by atoms with Gasteiger partial charge in [-0.25, -0.2) is 0 Å². The van der Waals surface area contributed by atoms with Crippen molar-refractivity contribution < 1.29 is 9.53 Å². The standard InChI is InChI=1S/C21H26N2O2/c1-16-7-3-4-9-20(16)25-15-21(24)22-18-10-12-19(13-11-18)23-14-6-5-8-17(23)2/h3-4,7,9-13,17H,5-6,8,14-15H2,1-2H3,(H,22,24)/t17-/m0/s1. The average Bonchev–Trinajstić information content (AvgIpc) is 2.62. The number of hydrogen-bond donors (Lipinski definition) is 1. The van der Waals surface area contributed by atoms with Gasteiger partial charge in [0, 0.05) is 24.0 Å². The lowest BCUT2D eigenvalue weighted by Crippen LogP contribution is -2.37. The lowest BCUT2D eigenvalue weighted by Gasteiger charge is -2.35. The predicted molar refractivity (Wildman–Crippen MR) is 102 cm³/mol. The molecule has 4 heteroatoms. The zero-order valence-electron chi connectivity index (χ0n) is 15.0. The molecule has 1 aliphatic rings. The van der Waals surface area contributed by atoms with Crippen LogP contribution in [0.4, 0.5) is 11.4 Å². The molecule has 1 N–H and O–H groups in total. The van der Waals surface area contributed by atoms with Gasteiger partial charge in [0.05, 0.1) is 0 Å². The van der Waals surface area contributed by atoms with Crippen LogP contribution in [0.3, 0.4) is 0 Å². The molecule has 1 aliphatic heterocycles. The van der Waals surface area contributed by atoms with Crippen LogP contribution in [0.1, 0.15) is 31.7 Å². The van der Waals surface area contributed by atoms with Gasteiger partial charge < -0.3 is 15.0 Å². The predicted octanol–water partition coefficient (Wildman–Crippen LogP) is 4.39. The summed E-state index contributed by atoms with van der Waals surface area (Å²) in [4.78, 5) is 14.5. The van der Waals surface area contributed by atoms with E-state index in [1.807, 2.05) is 43.3 Å². The van der Waals surface area contributed by atoms with Crippen molar-refractivity contribution in [2.24, 2.45) is 0 Å². The third-order valence-corrected chi connectivity index (χ3v) is 4.74. The average molecular weight is 338 g/mol. The minimum absolute atomic E-state index is 0.00969. The molecule has 3 rings (SSSR count). The maximum absolute atomic E-state index is 12.1. The molecule has 1 atom stereocenters. The number of nitrogens with one attached hydrogen (secondary N) is 1. The van der Waals surface area contributed by atoms with Gasteiger partial charge in [-0.2, -0.15) is 0 Å². The van der Waals surface area contributed by atoms with Crippen molar-refractivity contribution in [2.45, 2.75) is 39.2 Å². The van der Waals surface area contributed by atoms with Crippen LogP contribution in [0, 0.1) is 6.92 Å². The summed E-state index contributed by atoms with van der Waals surface area (Å²) >= 11 is 0. The number of carbonyl (C=O) groups is 1. The molecule has 0 saturated carbocycles. The van der Waals surface area contributed by atoms with E-state index in [-0.39, 0.29) is 12.5 Å². The fourth-order valence-electron chi connectivity index (χ4n) is 3.28. The lowest BCUT2D eigenvalue weighted by molar-refractivity contribution is -0.118. The number of nitrogens with zero attached hydrogens (tertiary/aromatic N) is 1. The molecule has 25 heavy (non-hydrogen) atoms. The molecule has 1 amide bonds. The molecule has 132 valence electrons. The highest BCUT2D eigenvalue weighted by Crippen LogP contribution is 2.25. The Kier molecular flexibility index (Phi) is 5.59. The van der Waals surface area contributed by atoms with E-state index in [1.165, 1.54) is 24.9 Å². The number of hydrogen-bond acceptors (Lipinski definition) is 3. The van der Waals surface area contributed by atoms with Crippen molar-refractivity contribution in [3.05, 3.63) is 54.1 Å². The minimum Gasteiger partial charge on any atom is -0.483 e. The SMILES string of the molecule is Cc1ccccc1OCC(=O)Nc1ccc(N2CCCC[C@@H]2C)cc1. The summed E-state index contributed by atoms with van der Waals surface area (Å²) in [7, 11) is 0. The van der Waals surface area contributed by atoms with Gasteiger partial charge in [0.2, 0.25) is 0 Å². The summed E-state index contributed by atoms with van der Waals surface area (Å²) in [5.41, 5.74) is 3.04. The Labute approximate surface area is 149 Å². The zero-order valence-corrected chi connectivity index (χ0v) is 15.0. The van der Waals surface area contributed by atoms with E-state index in [2.05, 4.69) is 29.3 Å². The van der Waals surface area contributed by atoms with Gasteiger partial charge in [-0.15, -0.1) is 0 Å². The van der Waals surface area contributed by atoms with Gasteiger partial charge >= 0.3 is 0 Å². The van der Waals surface area contributed by atoms with Gasteiger partial charge in [0.25, 0.3) is 5.91 Å². The first-order chi connectivity index (χ1) is 12.1. The van der Waals surface area contributed by atoms with Gasteiger partial charge in [-0.3, -0.25) is 4.79 Å². The summed E-state index contributed by atoms with van der Waals surface area (Å²) in [5, 5.41) is 2.89. The normalized spacial score (nSPS) is 17.2. The van der Waals surface area contributed by atoms with Crippen molar-refractivity contribution in [3.8, 4) is 5.75 Å². The summed E-state index contributed by atoms with van der Waals surface area (Å²) in [6.07, 6.45) is 3.81. The molecule has 0 radical (unpaired) electrons. The Morgan fingerprint density at radius 3 is 2.64 bits per heavy atom. The first-order valence-electron chi connectivity index (χ1n) is 8.98. The van der Waals surface area contributed by atoms with E-state index in [9.17, 15) is 4.79 Å². The molecule has 2 aromatic carbocycles. The van der Waals surface area contributed by atoms with Crippen LogP contribution >= 0.6 is 0 Å². The molecule has 0 bridgehead atoms. The Hall–Kier alpha value is -2.49. The molecule has 1 fully saturated rings. The molecule has 4 nitrogen and oxygen atoms in total. The number of para-hydroxylation sites is 1. The second-order valence-corrected chi connectivity index (χ2v) is 6.69. The maximum atomic E-state index is 12.1. The van der Waals surface area contributed by atoms with Crippen LogP contribution in [-0.2, 0) is 4.79 Å². The summed E-state index contributed by atoms with van der Waals surface area (Å²) < 4.78 is 5.58. The third-order valence-electron chi connectivity index (χ3n) is 4.74. The van der Waals surface area contributed by atoms with Crippen LogP contribution in [-0.4, -0.2) is 25.1 Å². The number of benzene rings is 2. The van der Waals surface area contributed by atoms with Crippen LogP contribution in [0.25, 0.3) is 0 Å². The van der Waals surface area contributed by atoms with E-state index < -0.39 is 0 Å². The van der Waals surface area contributed by atoms with Gasteiger partial charge in [-0.05, 0) is 69.0 Å². The Morgan fingerprint density at radius 1 is 1.16 bits per heavy atom. The van der Waals surface area contributed by atoms with E-state index in [0.717, 1.165) is 23.5 Å². The molecular formula is C21H26N2O2. The van der Waals surface area contributed by atoms with Crippen molar-refractivity contribution in [2.75, 3.05) is 23.4 Å². The van der Waals surface area contributed by atoms with Crippen molar-refractivity contribution in [1.29, 1.82) is 0 Å². The molecule has 0 aliphatic carbocycles. The number of rotatable bonds is 5. The molecular weight excluding hydrogens is 312 g/mol. The first kappa shape index (κ1) is 17.3. The molecule has 0 unspecified atom stereocenters. The van der Waals surface area contributed by atoms with Crippen LogP contribution in [0.2, 0.25) is 0 Å². The number of piperidine rings is 1. The number of amides is 1. The second-order valence-electron chi connectivity index (χ2n) is 6.69. The minimum atomic E-state index is -0.151.